The van der Waals surface area contributed by atoms with Gasteiger partial charge in [0.2, 0.25) is 0 Å². The van der Waals surface area contributed by atoms with Crippen LogP contribution in [0.4, 0.5) is 11.4 Å². The van der Waals surface area contributed by atoms with Crippen LogP contribution in [-0.4, -0.2) is 6.29 Å². The maximum absolute atomic E-state index is 10.8. The zero-order valence-corrected chi connectivity index (χ0v) is 13.0. The Morgan fingerprint density at radius 2 is 1.61 bits per heavy atom. The molecule has 2 aromatic carbocycles. The number of aldehydes is 1. The summed E-state index contributed by atoms with van der Waals surface area (Å²) in [6.45, 7) is 4.02. The predicted molar refractivity (Wildman–Crippen MR) is 89.6 cm³/mol. The van der Waals surface area contributed by atoms with E-state index in [1.165, 1.54) is 5.56 Å². The van der Waals surface area contributed by atoms with Crippen molar-refractivity contribution >= 4 is 17.7 Å². The molecule has 0 atom stereocenters. The maximum Gasteiger partial charge on any atom is 0.185 e. The van der Waals surface area contributed by atoms with E-state index < -0.39 is 0 Å². The molecule has 1 aromatic heterocycles. The van der Waals surface area contributed by atoms with Crippen LogP contribution in [-0.2, 0) is 0 Å². The molecule has 3 aromatic rings. The number of furan rings is 1. The fourth-order valence-electron chi connectivity index (χ4n) is 2.22. The zero-order valence-electron chi connectivity index (χ0n) is 13.0. The van der Waals surface area contributed by atoms with Crippen molar-refractivity contribution in [3.05, 3.63) is 71.5 Å². The molecule has 0 radical (unpaired) electrons. The Bertz CT molecular complexity index is 861. The van der Waals surface area contributed by atoms with E-state index in [0.717, 1.165) is 16.8 Å². The smallest absolute Gasteiger partial charge is 0.185 e. The Hall–Kier alpha value is -3.01. The van der Waals surface area contributed by atoms with Crippen LogP contribution in [0.5, 0.6) is 0 Å². The molecule has 3 rings (SSSR count). The van der Waals surface area contributed by atoms with Gasteiger partial charge in [0.15, 0.2) is 12.0 Å². The van der Waals surface area contributed by atoms with Crippen molar-refractivity contribution in [3.8, 4) is 11.3 Å². The van der Waals surface area contributed by atoms with Crippen LogP contribution in [0.15, 0.2) is 69.2 Å². The van der Waals surface area contributed by atoms with Crippen molar-refractivity contribution in [1.82, 2.24) is 0 Å². The summed E-state index contributed by atoms with van der Waals surface area (Å²) in [4.78, 5) is 10.8. The number of hydrogen-bond acceptors (Lipinski definition) is 4. The third-order valence-corrected chi connectivity index (χ3v) is 3.47. The lowest BCUT2D eigenvalue weighted by atomic mass is 10.1. The van der Waals surface area contributed by atoms with Crippen LogP contribution < -0.4 is 0 Å². The van der Waals surface area contributed by atoms with Gasteiger partial charge in [0.25, 0.3) is 0 Å². The van der Waals surface area contributed by atoms with Crippen molar-refractivity contribution in [3.63, 3.8) is 0 Å². The zero-order chi connectivity index (χ0) is 16.2. The summed E-state index contributed by atoms with van der Waals surface area (Å²) in [5, 5.41) is 8.64. The van der Waals surface area contributed by atoms with Crippen molar-refractivity contribution < 1.29 is 9.21 Å². The van der Waals surface area contributed by atoms with Gasteiger partial charge in [-0.2, -0.15) is 5.11 Å². The Labute approximate surface area is 134 Å². The highest BCUT2D eigenvalue weighted by Gasteiger charge is 2.10. The van der Waals surface area contributed by atoms with E-state index in [-0.39, 0.29) is 0 Å². The first-order valence-corrected chi connectivity index (χ1v) is 7.30. The largest absolute Gasteiger partial charge is 0.453 e. The molecular formula is C19H16N2O2. The minimum absolute atomic E-state index is 0.294. The lowest BCUT2D eigenvalue weighted by Crippen LogP contribution is -1.79. The minimum Gasteiger partial charge on any atom is -0.453 e. The van der Waals surface area contributed by atoms with Gasteiger partial charge in [-0.05, 0) is 55.8 Å². The van der Waals surface area contributed by atoms with Crippen molar-refractivity contribution in [2.75, 3.05) is 0 Å². The first-order valence-electron chi connectivity index (χ1n) is 7.30. The van der Waals surface area contributed by atoms with Crippen LogP contribution in [0.3, 0.4) is 0 Å². The molecule has 114 valence electrons. The Morgan fingerprint density at radius 1 is 0.870 bits per heavy atom. The minimum atomic E-state index is 0.294. The molecule has 0 fully saturated rings. The molecule has 0 aliphatic rings. The van der Waals surface area contributed by atoms with Crippen LogP contribution in [0, 0.1) is 13.8 Å². The molecule has 0 aliphatic carbocycles. The Kier molecular flexibility index (Phi) is 4.15. The van der Waals surface area contributed by atoms with E-state index in [9.17, 15) is 4.79 Å². The monoisotopic (exact) mass is 304 g/mol. The number of carbonyl (C=O) groups is 1. The molecule has 4 nitrogen and oxygen atoms in total. The van der Waals surface area contributed by atoms with Gasteiger partial charge in [-0.15, -0.1) is 5.11 Å². The van der Waals surface area contributed by atoms with E-state index in [1.807, 2.05) is 56.3 Å². The summed E-state index contributed by atoms with van der Waals surface area (Å²) < 4.78 is 5.50. The molecule has 0 spiro atoms. The van der Waals surface area contributed by atoms with Gasteiger partial charge in [-0.1, -0.05) is 23.8 Å². The highest BCUT2D eigenvalue weighted by molar-refractivity contribution is 5.77. The standard InChI is InChI=1S/C19H16N2O2/c1-13-3-6-15(7-4-13)20-21-18-11-14(2)5-9-17(18)19-10-8-16(12-22)23-19/h3-12H,1-2H3. The van der Waals surface area contributed by atoms with Gasteiger partial charge in [-0.25, -0.2) is 0 Å². The molecule has 0 N–H and O–H groups in total. The van der Waals surface area contributed by atoms with Crippen molar-refractivity contribution in [1.29, 1.82) is 0 Å². The summed E-state index contributed by atoms with van der Waals surface area (Å²) in [5.41, 5.74) is 4.55. The molecular weight excluding hydrogens is 288 g/mol. The fourth-order valence-corrected chi connectivity index (χ4v) is 2.22. The van der Waals surface area contributed by atoms with Gasteiger partial charge < -0.3 is 4.42 Å². The van der Waals surface area contributed by atoms with Crippen LogP contribution >= 0.6 is 0 Å². The SMILES string of the molecule is Cc1ccc(N=Nc2cc(C)ccc2-c2ccc(C=O)o2)cc1. The second-order valence-corrected chi connectivity index (χ2v) is 5.38. The van der Waals surface area contributed by atoms with Gasteiger partial charge >= 0.3 is 0 Å². The number of carbonyl (C=O) groups excluding carboxylic acids is 1. The topological polar surface area (TPSA) is 54.9 Å². The number of nitrogens with zero attached hydrogens (tertiary/aromatic N) is 2. The van der Waals surface area contributed by atoms with Gasteiger partial charge in [0.05, 0.1) is 11.4 Å². The van der Waals surface area contributed by atoms with Crippen molar-refractivity contribution in [2.24, 2.45) is 10.2 Å². The van der Waals surface area contributed by atoms with E-state index in [0.29, 0.717) is 23.5 Å². The summed E-state index contributed by atoms with van der Waals surface area (Å²) in [6, 6.07) is 17.1. The van der Waals surface area contributed by atoms with E-state index >= 15 is 0 Å². The number of rotatable bonds is 4. The Balaban J connectivity index is 1.99. The van der Waals surface area contributed by atoms with Crippen LogP contribution in [0.25, 0.3) is 11.3 Å². The fraction of sp³-hybridized carbons (Fsp3) is 0.105. The predicted octanol–water partition coefficient (Wildman–Crippen LogP) is 5.79. The number of benzene rings is 2. The first-order chi connectivity index (χ1) is 11.2. The normalized spacial score (nSPS) is 11.0. The third kappa shape index (κ3) is 3.43. The molecule has 0 saturated heterocycles. The summed E-state index contributed by atoms with van der Waals surface area (Å²) in [6.07, 6.45) is 0.686. The van der Waals surface area contributed by atoms with Crippen LogP contribution in [0.1, 0.15) is 21.7 Å². The molecule has 4 heteroatoms. The van der Waals surface area contributed by atoms with E-state index in [4.69, 9.17) is 4.42 Å². The first kappa shape index (κ1) is 14.9. The molecule has 0 aliphatic heterocycles. The average Bonchev–Trinajstić information content (AvgIpc) is 3.03. The average molecular weight is 304 g/mol. The molecule has 0 bridgehead atoms. The molecule has 0 saturated carbocycles. The van der Waals surface area contributed by atoms with E-state index in [2.05, 4.69) is 10.2 Å². The summed E-state index contributed by atoms with van der Waals surface area (Å²) in [7, 11) is 0. The lowest BCUT2D eigenvalue weighted by molar-refractivity contribution is 0.110. The molecule has 0 amide bonds. The quantitative estimate of drug-likeness (QED) is 0.452. The second-order valence-electron chi connectivity index (χ2n) is 5.38. The second kappa shape index (κ2) is 6.40. The Morgan fingerprint density at radius 3 is 2.30 bits per heavy atom. The number of hydrogen-bond donors (Lipinski definition) is 0. The maximum atomic E-state index is 10.8. The summed E-state index contributed by atoms with van der Waals surface area (Å²) in [5.74, 6) is 0.895. The third-order valence-electron chi connectivity index (χ3n) is 3.47. The van der Waals surface area contributed by atoms with Crippen molar-refractivity contribution in [2.45, 2.75) is 13.8 Å². The molecule has 23 heavy (non-hydrogen) atoms. The van der Waals surface area contributed by atoms with Crippen LogP contribution in [0.2, 0.25) is 0 Å². The highest BCUT2D eigenvalue weighted by Crippen LogP contribution is 2.33. The molecule has 0 unspecified atom stereocenters. The summed E-state index contributed by atoms with van der Waals surface area (Å²) >= 11 is 0. The number of aryl methyl sites for hydroxylation is 2. The number of azo groups is 1. The van der Waals surface area contributed by atoms with Gasteiger partial charge in [0.1, 0.15) is 5.76 Å². The molecule has 1 heterocycles. The van der Waals surface area contributed by atoms with E-state index in [1.54, 1.807) is 12.1 Å². The highest BCUT2D eigenvalue weighted by atomic mass is 16.3. The lowest BCUT2D eigenvalue weighted by Gasteiger charge is -2.03. The van der Waals surface area contributed by atoms with Gasteiger partial charge in [0, 0.05) is 5.56 Å². The van der Waals surface area contributed by atoms with Gasteiger partial charge in [-0.3, -0.25) is 4.79 Å².